The van der Waals surface area contributed by atoms with Crippen molar-refractivity contribution in [3.63, 3.8) is 0 Å². The Morgan fingerprint density at radius 3 is 2.62 bits per heavy atom. The molecule has 1 aromatic carbocycles. The van der Waals surface area contributed by atoms with E-state index in [9.17, 15) is 9.59 Å². The molecule has 128 valence electrons. The Balaban J connectivity index is 1.98. The van der Waals surface area contributed by atoms with E-state index < -0.39 is 6.04 Å². The lowest BCUT2D eigenvalue weighted by Crippen LogP contribution is -2.48. The zero-order valence-electron chi connectivity index (χ0n) is 13.9. The van der Waals surface area contributed by atoms with Gasteiger partial charge in [0.1, 0.15) is 0 Å². The summed E-state index contributed by atoms with van der Waals surface area (Å²) < 4.78 is 5.26. The van der Waals surface area contributed by atoms with Gasteiger partial charge in [-0.15, -0.1) is 0 Å². The van der Waals surface area contributed by atoms with E-state index in [2.05, 4.69) is 15.5 Å². The third-order valence-corrected chi connectivity index (χ3v) is 4.36. The smallest absolute Gasteiger partial charge is 0.338 e. The number of benzene rings is 1. The van der Waals surface area contributed by atoms with Crippen LogP contribution < -0.4 is 10.6 Å². The topological polar surface area (TPSA) is 70.7 Å². The SMILES string of the molecule is CCOC(=O)C1=C(CN2CCCC2)NC(=O)N[C@H]1c1ccccc1. The molecule has 3 rings (SSSR count). The van der Waals surface area contributed by atoms with Gasteiger partial charge in [0.2, 0.25) is 0 Å². The number of carbonyl (C=O) groups excluding carboxylic acids is 2. The lowest BCUT2D eigenvalue weighted by Gasteiger charge is -2.31. The van der Waals surface area contributed by atoms with Crippen LogP contribution in [0.3, 0.4) is 0 Å². The molecule has 0 aliphatic carbocycles. The number of nitrogens with one attached hydrogen (secondary N) is 2. The Morgan fingerprint density at radius 1 is 1.25 bits per heavy atom. The first kappa shape index (κ1) is 16.5. The summed E-state index contributed by atoms with van der Waals surface area (Å²) in [5, 5.41) is 5.67. The minimum atomic E-state index is -0.489. The quantitative estimate of drug-likeness (QED) is 0.810. The van der Waals surface area contributed by atoms with Crippen molar-refractivity contribution in [1.29, 1.82) is 0 Å². The van der Waals surface area contributed by atoms with Gasteiger partial charge < -0.3 is 15.4 Å². The minimum absolute atomic E-state index is 0.286. The second kappa shape index (κ2) is 7.49. The van der Waals surface area contributed by atoms with Crippen LogP contribution in [-0.4, -0.2) is 43.1 Å². The van der Waals surface area contributed by atoms with E-state index in [-0.39, 0.29) is 12.0 Å². The van der Waals surface area contributed by atoms with Crippen LogP contribution in [0.25, 0.3) is 0 Å². The minimum Gasteiger partial charge on any atom is -0.463 e. The van der Waals surface area contributed by atoms with Gasteiger partial charge in [-0.25, -0.2) is 9.59 Å². The van der Waals surface area contributed by atoms with Gasteiger partial charge in [-0.2, -0.15) is 0 Å². The zero-order valence-corrected chi connectivity index (χ0v) is 13.9. The molecule has 1 aromatic rings. The predicted octanol–water partition coefficient (Wildman–Crippen LogP) is 1.95. The number of hydrogen-bond acceptors (Lipinski definition) is 4. The number of urea groups is 1. The van der Waals surface area contributed by atoms with Crippen molar-refractivity contribution in [2.45, 2.75) is 25.8 Å². The second-order valence-corrected chi connectivity index (χ2v) is 6.04. The first-order chi connectivity index (χ1) is 11.7. The molecule has 2 heterocycles. The van der Waals surface area contributed by atoms with E-state index in [1.165, 1.54) is 0 Å². The van der Waals surface area contributed by atoms with Crippen molar-refractivity contribution in [3.8, 4) is 0 Å². The number of carbonyl (C=O) groups is 2. The monoisotopic (exact) mass is 329 g/mol. The van der Waals surface area contributed by atoms with Gasteiger partial charge in [-0.05, 0) is 38.4 Å². The van der Waals surface area contributed by atoms with E-state index in [1.807, 2.05) is 30.3 Å². The first-order valence-electron chi connectivity index (χ1n) is 8.44. The average molecular weight is 329 g/mol. The molecule has 2 amide bonds. The van der Waals surface area contributed by atoms with Gasteiger partial charge in [-0.3, -0.25) is 4.90 Å². The van der Waals surface area contributed by atoms with E-state index >= 15 is 0 Å². The Labute approximate surface area is 141 Å². The molecule has 6 heteroatoms. The van der Waals surface area contributed by atoms with Crippen molar-refractivity contribution >= 4 is 12.0 Å². The summed E-state index contributed by atoms with van der Waals surface area (Å²) in [4.78, 5) is 27.0. The maximum Gasteiger partial charge on any atom is 0.338 e. The highest BCUT2D eigenvalue weighted by Gasteiger charge is 2.34. The molecule has 0 saturated carbocycles. The van der Waals surface area contributed by atoms with Crippen LogP contribution in [-0.2, 0) is 9.53 Å². The molecule has 0 unspecified atom stereocenters. The molecular weight excluding hydrogens is 306 g/mol. The fraction of sp³-hybridized carbons (Fsp3) is 0.444. The highest BCUT2D eigenvalue weighted by atomic mass is 16.5. The van der Waals surface area contributed by atoms with Crippen molar-refractivity contribution in [2.24, 2.45) is 0 Å². The standard InChI is InChI=1S/C18H23N3O3/c1-2-24-17(22)15-14(12-21-10-6-7-11-21)19-18(23)20-16(15)13-8-4-3-5-9-13/h3-5,8-9,16H,2,6-7,10-12H2,1H3,(H2,19,20,23)/t16-/m0/s1. The number of likely N-dealkylation sites (tertiary alicyclic amines) is 1. The zero-order chi connectivity index (χ0) is 16.9. The summed E-state index contributed by atoms with van der Waals surface area (Å²) in [6.45, 7) is 4.61. The second-order valence-electron chi connectivity index (χ2n) is 6.04. The number of esters is 1. The normalized spacial score (nSPS) is 21.4. The van der Waals surface area contributed by atoms with Crippen LogP contribution >= 0.6 is 0 Å². The molecule has 24 heavy (non-hydrogen) atoms. The molecule has 1 saturated heterocycles. The summed E-state index contributed by atoms with van der Waals surface area (Å²) in [5.74, 6) is -0.381. The Kier molecular flexibility index (Phi) is 5.15. The Morgan fingerprint density at radius 2 is 1.96 bits per heavy atom. The molecular formula is C18H23N3O3. The van der Waals surface area contributed by atoms with Gasteiger partial charge in [-0.1, -0.05) is 30.3 Å². The molecule has 2 aliphatic heterocycles. The molecule has 2 aliphatic rings. The van der Waals surface area contributed by atoms with Crippen LogP contribution in [0, 0.1) is 0 Å². The highest BCUT2D eigenvalue weighted by molar-refractivity contribution is 5.95. The van der Waals surface area contributed by atoms with Gasteiger partial charge in [0.25, 0.3) is 0 Å². The lowest BCUT2D eigenvalue weighted by molar-refractivity contribution is -0.139. The molecule has 0 spiro atoms. The molecule has 1 atom stereocenters. The number of amides is 2. The van der Waals surface area contributed by atoms with Gasteiger partial charge >= 0.3 is 12.0 Å². The summed E-state index contributed by atoms with van der Waals surface area (Å²) >= 11 is 0. The first-order valence-corrected chi connectivity index (χ1v) is 8.44. The van der Waals surface area contributed by atoms with E-state index in [0.29, 0.717) is 24.4 Å². The highest BCUT2D eigenvalue weighted by Crippen LogP contribution is 2.28. The fourth-order valence-corrected chi connectivity index (χ4v) is 3.25. The predicted molar refractivity (Wildman–Crippen MR) is 90.2 cm³/mol. The number of nitrogens with zero attached hydrogens (tertiary/aromatic N) is 1. The Hall–Kier alpha value is -2.34. The maximum atomic E-state index is 12.6. The van der Waals surface area contributed by atoms with Crippen LogP contribution in [0.1, 0.15) is 31.4 Å². The molecule has 2 N–H and O–H groups in total. The van der Waals surface area contributed by atoms with Crippen molar-refractivity contribution in [3.05, 3.63) is 47.2 Å². The van der Waals surface area contributed by atoms with Crippen LogP contribution in [0.5, 0.6) is 0 Å². The number of hydrogen-bond donors (Lipinski definition) is 2. The summed E-state index contributed by atoms with van der Waals surface area (Å²) in [6.07, 6.45) is 2.30. The number of rotatable bonds is 5. The van der Waals surface area contributed by atoms with E-state index in [0.717, 1.165) is 31.5 Å². The van der Waals surface area contributed by atoms with Crippen LogP contribution in [0.4, 0.5) is 4.79 Å². The molecule has 0 aromatic heterocycles. The van der Waals surface area contributed by atoms with Crippen molar-refractivity contribution in [1.82, 2.24) is 15.5 Å². The van der Waals surface area contributed by atoms with Gasteiger partial charge in [0, 0.05) is 12.2 Å². The maximum absolute atomic E-state index is 12.6. The largest absolute Gasteiger partial charge is 0.463 e. The van der Waals surface area contributed by atoms with Crippen LogP contribution in [0.2, 0.25) is 0 Å². The van der Waals surface area contributed by atoms with Crippen molar-refractivity contribution < 1.29 is 14.3 Å². The van der Waals surface area contributed by atoms with E-state index in [1.54, 1.807) is 6.92 Å². The number of ether oxygens (including phenoxy) is 1. The van der Waals surface area contributed by atoms with E-state index in [4.69, 9.17) is 4.74 Å². The van der Waals surface area contributed by atoms with Crippen molar-refractivity contribution in [2.75, 3.05) is 26.2 Å². The van der Waals surface area contributed by atoms with Gasteiger partial charge in [0.05, 0.1) is 18.2 Å². The van der Waals surface area contributed by atoms with Crippen LogP contribution in [0.15, 0.2) is 41.6 Å². The average Bonchev–Trinajstić information content (AvgIpc) is 3.08. The summed E-state index contributed by atoms with van der Waals surface area (Å²) in [5.41, 5.74) is 2.01. The molecule has 6 nitrogen and oxygen atoms in total. The lowest BCUT2D eigenvalue weighted by atomic mass is 9.95. The molecule has 0 bridgehead atoms. The fourth-order valence-electron chi connectivity index (χ4n) is 3.25. The Bertz CT molecular complexity index is 636. The molecule has 0 radical (unpaired) electrons. The van der Waals surface area contributed by atoms with Gasteiger partial charge in [0.15, 0.2) is 0 Å². The summed E-state index contributed by atoms with van der Waals surface area (Å²) in [7, 11) is 0. The third kappa shape index (κ3) is 3.59. The molecule has 1 fully saturated rings. The third-order valence-electron chi connectivity index (χ3n) is 4.36. The summed E-state index contributed by atoms with van der Waals surface area (Å²) in [6, 6.07) is 8.73.